The van der Waals surface area contributed by atoms with E-state index in [1.807, 2.05) is 26.0 Å². The van der Waals surface area contributed by atoms with Gasteiger partial charge in [-0.3, -0.25) is 0 Å². The smallest absolute Gasteiger partial charge is 0.323 e. The van der Waals surface area contributed by atoms with E-state index in [1.54, 1.807) is 37.4 Å². The number of ether oxygens (including phenoxy) is 3. The maximum atomic E-state index is 12.2. The quantitative estimate of drug-likeness (QED) is 0.800. The lowest BCUT2D eigenvalue weighted by Crippen LogP contribution is -2.19. The average Bonchev–Trinajstić information content (AvgIpc) is 2.58. The van der Waals surface area contributed by atoms with Gasteiger partial charge in [0.15, 0.2) is 11.5 Å². The molecule has 0 aromatic heterocycles. The van der Waals surface area contributed by atoms with Gasteiger partial charge in [-0.2, -0.15) is 0 Å². The van der Waals surface area contributed by atoms with Crippen LogP contribution in [0.25, 0.3) is 0 Å². The monoisotopic (exact) mass is 330 g/mol. The van der Waals surface area contributed by atoms with Gasteiger partial charge in [-0.1, -0.05) is 12.1 Å². The van der Waals surface area contributed by atoms with Gasteiger partial charge in [0, 0.05) is 11.8 Å². The highest BCUT2D eigenvalue weighted by Crippen LogP contribution is 2.31. The molecular weight excluding hydrogens is 308 g/mol. The molecule has 2 amide bonds. The Morgan fingerprint density at radius 2 is 1.62 bits per heavy atom. The molecule has 6 nitrogen and oxygen atoms in total. The third-order valence-electron chi connectivity index (χ3n) is 3.16. The molecule has 0 spiro atoms. The zero-order valence-corrected chi connectivity index (χ0v) is 14.1. The molecule has 0 unspecified atom stereocenters. The number of hydrogen-bond donors (Lipinski definition) is 2. The van der Waals surface area contributed by atoms with Gasteiger partial charge in [0.1, 0.15) is 5.75 Å². The minimum Gasteiger partial charge on any atom is -0.495 e. The van der Waals surface area contributed by atoms with Crippen LogP contribution in [0.3, 0.4) is 0 Å². The van der Waals surface area contributed by atoms with Crippen molar-refractivity contribution >= 4 is 17.4 Å². The average molecular weight is 330 g/mol. The van der Waals surface area contributed by atoms with Gasteiger partial charge in [0.25, 0.3) is 0 Å². The molecule has 0 saturated carbocycles. The highest BCUT2D eigenvalue weighted by atomic mass is 16.5. The van der Waals surface area contributed by atoms with E-state index in [0.717, 1.165) is 0 Å². The van der Waals surface area contributed by atoms with Crippen LogP contribution in [0, 0.1) is 0 Å². The number of amides is 2. The van der Waals surface area contributed by atoms with E-state index in [2.05, 4.69) is 10.6 Å². The molecule has 0 aliphatic rings. The van der Waals surface area contributed by atoms with Gasteiger partial charge in [0.2, 0.25) is 0 Å². The number of urea groups is 1. The Bertz CT molecular complexity index is 688. The fourth-order valence-corrected chi connectivity index (χ4v) is 2.16. The van der Waals surface area contributed by atoms with E-state index in [4.69, 9.17) is 14.2 Å². The van der Waals surface area contributed by atoms with Crippen molar-refractivity contribution in [1.29, 1.82) is 0 Å². The summed E-state index contributed by atoms with van der Waals surface area (Å²) in [4.78, 5) is 12.2. The van der Waals surface area contributed by atoms with Crippen LogP contribution in [0.5, 0.6) is 17.2 Å². The van der Waals surface area contributed by atoms with Gasteiger partial charge in [-0.05, 0) is 38.1 Å². The molecule has 0 bridgehead atoms. The number of anilines is 2. The molecule has 0 aliphatic carbocycles. The zero-order chi connectivity index (χ0) is 17.4. The number of nitrogens with one attached hydrogen (secondary N) is 2. The highest BCUT2D eigenvalue weighted by Gasteiger charge is 2.10. The summed E-state index contributed by atoms with van der Waals surface area (Å²) < 4.78 is 16.3. The summed E-state index contributed by atoms with van der Waals surface area (Å²) in [5, 5.41) is 5.52. The van der Waals surface area contributed by atoms with E-state index in [1.165, 1.54) is 0 Å². The molecule has 0 saturated heterocycles. The van der Waals surface area contributed by atoms with Gasteiger partial charge in [-0.25, -0.2) is 4.79 Å². The second-order valence-electron chi connectivity index (χ2n) is 4.81. The Hall–Kier alpha value is -2.89. The molecule has 0 radical (unpaired) electrons. The number of hydrogen-bond acceptors (Lipinski definition) is 4. The number of para-hydroxylation sites is 2. The standard InChI is InChI=1S/C18H22N2O4/c1-4-23-16-11-10-13(12-17(16)24-5-2)19-18(21)20-14-8-6-7-9-15(14)22-3/h6-12H,4-5H2,1-3H3,(H2,19,20,21). The van der Waals surface area contributed by atoms with Gasteiger partial charge < -0.3 is 24.8 Å². The summed E-state index contributed by atoms with van der Waals surface area (Å²) in [6.45, 7) is 4.85. The lowest BCUT2D eigenvalue weighted by molar-refractivity contribution is 0.262. The van der Waals surface area contributed by atoms with E-state index >= 15 is 0 Å². The topological polar surface area (TPSA) is 68.8 Å². The largest absolute Gasteiger partial charge is 0.495 e. The Morgan fingerprint density at radius 1 is 0.917 bits per heavy atom. The predicted molar refractivity (Wildman–Crippen MR) is 94.4 cm³/mol. The summed E-state index contributed by atoms with van der Waals surface area (Å²) in [6.07, 6.45) is 0. The van der Waals surface area contributed by atoms with Crippen LogP contribution in [-0.4, -0.2) is 26.4 Å². The van der Waals surface area contributed by atoms with Crippen molar-refractivity contribution in [2.24, 2.45) is 0 Å². The third kappa shape index (κ3) is 4.55. The Labute approximate surface area is 141 Å². The van der Waals surface area contributed by atoms with E-state index in [9.17, 15) is 4.79 Å². The molecule has 24 heavy (non-hydrogen) atoms. The van der Waals surface area contributed by atoms with Gasteiger partial charge in [0.05, 0.1) is 26.0 Å². The first kappa shape index (κ1) is 17.5. The van der Waals surface area contributed by atoms with Crippen LogP contribution in [0.4, 0.5) is 16.2 Å². The highest BCUT2D eigenvalue weighted by molar-refractivity contribution is 6.00. The second kappa shape index (κ2) is 8.67. The van der Waals surface area contributed by atoms with Crippen LogP contribution in [0.2, 0.25) is 0 Å². The molecule has 2 aromatic rings. The predicted octanol–water partition coefficient (Wildman–Crippen LogP) is 4.14. The molecule has 0 heterocycles. The number of benzene rings is 2. The van der Waals surface area contributed by atoms with Crippen LogP contribution >= 0.6 is 0 Å². The summed E-state index contributed by atoms with van der Waals surface area (Å²) in [7, 11) is 1.55. The lowest BCUT2D eigenvalue weighted by atomic mass is 10.2. The van der Waals surface area contributed by atoms with Gasteiger partial charge in [-0.15, -0.1) is 0 Å². The van der Waals surface area contributed by atoms with E-state index in [0.29, 0.717) is 41.8 Å². The molecule has 2 aromatic carbocycles. The summed E-state index contributed by atoms with van der Waals surface area (Å²) >= 11 is 0. The Balaban J connectivity index is 2.09. The first-order valence-corrected chi connectivity index (χ1v) is 7.78. The molecule has 6 heteroatoms. The third-order valence-corrected chi connectivity index (χ3v) is 3.16. The van der Waals surface area contributed by atoms with Crippen molar-refractivity contribution in [3.63, 3.8) is 0 Å². The van der Waals surface area contributed by atoms with Crippen LogP contribution < -0.4 is 24.8 Å². The maximum absolute atomic E-state index is 12.2. The number of methoxy groups -OCH3 is 1. The number of rotatable bonds is 7. The summed E-state index contributed by atoms with van der Waals surface area (Å²) in [5.41, 5.74) is 1.20. The first-order chi connectivity index (χ1) is 11.7. The van der Waals surface area contributed by atoms with Crippen LogP contribution in [-0.2, 0) is 0 Å². The zero-order valence-electron chi connectivity index (χ0n) is 14.1. The van der Waals surface area contributed by atoms with Crippen molar-refractivity contribution in [3.05, 3.63) is 42.5 Å². The maximum Gasteiger partial charge on any atom is 0.323 e. The van der Waals surface area contributed by atoms with Crippen molar-refractivity contribution in [1.82, 2.24) is 0 Å². The van der Waals surface area contributed by atoms with E-state index in [-0.39, 0.29) is 6.03 Å². The molecule has 2 rings (SSSR count). The number of carbonyl (C=O) groups excluding carboxylic acids is 1. The summed E-state index contributed by atoms with van der Waals surface area (Å²) in [5.74, 6) is 1.83. The van der Waals surface area contributed by atoms with Gasteiger partial charge >= 0.3 is 6.03 Å². The molecule has 128 valence electrons. The Kier molecular flexibility index (Phi) is 6.31. The minimum atomic E-state index is -0.369. The van der Waals surface area contributed by atoms with Crippen LogP contribution in [0.15, 0.2) is 42.5 Å². The van der Waals surface area contributed by atoms with Crippen molar-refractivity contribution < 1.29 is 19.0 Å². The lowest BCUT2D eigenvalue weighted by Gasteiger charge is -2.14. The first-order valence-electron chi connectivity index (χ1n) is 7.78. The second-order valence-corrected chi connectivity index (χ2v) is 4.81. The van der Waals surface area contributed by atoms with E-state index < -0.39 is 0 Å². The Morgan fingerprint density at radius 3 is 2.33 bits per heavy atom. The fourth-order valence-electron chi connectivity index (χ4n) is 2.16. The molecular formula is C18H22N2O4. The molecule has 0 fully saturated rings. The number of carbonyl (C=O) groups is 1. The van der Waals surface area contributed by atoms with Crippen molar-refractivity contribution in [3.8, 4) is 17.2 Å². The summed E-state index contributed by atoms with van der Waals surface area (Å²) in [6, 6.07) is 12.1. The van der Waals surface area contributed by atoms with Crippen molar-refractivity contribution in [2.75, 3.05) is 31.0 Å². The SMILES string of the molecule is CCOc1ccc(NC(=O)Nc2ccccc2OC)cc1OCC. The fraction of sp³-hybridized carbons (Fsp3) is 0.278. The minimum absolute atomic E-state index is 0.369. The molecule has 2 N–H and O–H groups in total. The van der Waals surface area contributed by atoms with Crippen LogP contribution in [0.1, 0.15) is 13.8 Å². The molecule has 0 atom stereocenters. The van der Waals surface area contributed by atoms with Crippen molar-refractivity contribution in [2.45, 2.75) is 13.8 Å². The molecule has 0 aliphatic heterocycles. The normalized spacial score (nSPS) is 9.96.